The molecule has 1 aromatic carbocycles. The van der Waals surface area contributed by atoms with Crippen molar-refractivity contribution in [3.63, 3.8) is 0 Å². The van der Waals surface area contributed by atoms with Gasteiger partial charge in [-0.05, 0) is 43.0 Å². The molecule has 1 aliphatic rings. The number of alkyl halides is 1. The van der Waals surface area contributed by atoms with E-state index in [-0.39, 0.29) is 5.91 Å². The molecule has 2 nitrogen and oxygen atoms in total. The maximum absolute atomic E-state index is 12.2. The van der Waals surface area contributed by atoms with E-state index < -0.39 is 0 Å². The van der Waals surface area contributed by atoms with Gasteiger partial charge in [-0.3, -0.25) is 4.79 Å². The maximum atomic E-state index is 12.2. The standard InChI is InChI=1S/C13H15BrINO/c14-12-3-1-11(2-4-12)13(17)16-7-5-10(9-15)6-8-16/h1-4,10H,5-9H2. The molecule has 0 bridgehead atoms. The van der Waals surface area contributed by atoms with E-state index in [2.05, 4.69) is 38.5 Å². The Hall–Kier alpha value is -0.100. The quantitative estimate of drug-likeness (QED) is 0.540. The number of hydrogen-bond donors (Lipinski definition) is 0. The number of halogens is 2. The van der Waals surface area contributed by atoms with Gasteiger partial charge in [0.25, 0.3) is 5.91 Å². The van der Waals surface area contributed by atoms with Crippen LogP contribution in [0.25, 0.3) is 0 Å². The van der Waals surface area contributed by atoms with Gasteiger partial charge in [0.1, 0.15) is 0 Å². The smallest absolute Gasteiger partial charge is 0.253 e. The molecule has 92 valence electrons. The van der Waals surface area contributed by atoms with Crippen molar-refractivity contribution in [2.75, 3.05) is 17.5 Å². The van der Waals surface area contributed by atoms with Crippen molar-refractivity contribution in [1.29, 1.82) is 0 Å². The van der Waals surface area contributed by atoms with E-state index in [1.807, 2.05) is 29.2 Å². The summed E-state index contributed by atoms with van der Waals surface area (Å²) in [6, 6.07) is 7.61. The van der Waals surface area contributed by atoms with Crippen LogP contribution < -0.4 is 0 Å². The molecule has 17 heavy (non-hydrogen) atoms. The van der Waals surface area contributed by atoms with Crippen LogP contribution in [0.5, 0.6) is 0 Å². The van der Waals surface area contributed by atoms with Crippen molar-refractivity contribution in [2.45, 2.75) is 12.8 Å². The predicted molar refractivity (Wildman–Crippen MR) is 81.7 cm³/mol. The first-order chi connectivity index (χ1) is 8.20. The molecule has 0 saturated carbocycles. The Labute approximate surface area is 124 Å². The third kappa shape index (κ3) is 3.44. The SMILES string of the molecule is O=C(c1ccc(Br)cc1)N1CCC(CI)CC1. The second-order valence-corrected chi connectivity index (χ2v) is 6.19. The van der Waals surface area contributed by atoms with Gasteiger partial charge in [0.05, 0.1) is 0 Å². The highest BCUT2D eigenvalue weighted by atomic mass is 127. The van der Waals surface area contributed by atoms with Crippen molar-refractivity contribution in [3.8, 4) is 0 Å². The Morgan fingerprint density at radius 1 is 1.29 bits per heavy atom. The van der Waals surface area contributed by atoms with Crippen molar-refractivity contribution in [2.24, 2.45) is 5.92 Å². The molecule has 0 aromatic heterocycles. The number of hydrogen-bond acceptors (Lipinski definition) is 1. The summed E-state index contributed by atoms with van der Waals surface area (Å²) in [7, 11) is 0. The third-order valence-electron chi connectivity index (χ3n) is 3.21. The zero-order chi connectivity index (χ0) is 12.3. The van der Waals surface area contributed by atoms with E-state index in [0.29, 0.717) is 0 Å². The van der Waals surface area contributed by atoms with Crippen molar-refractivity contribution in [3.05, 3.63) is 34.3 Å². The monoisotopic (exact) mass is 407 g/mol. The van der Waals surface area contributed by atoms with Crippen LogP contribution >= 0.6 is 38.5 Å². The fourth-order valence-electron chi connectivity index (χ4n) is 2.07. The Balaban J connectivity index is 1.99. The van der Waals surface area contributed by atoms with Gasteiger partial charge >= 0.3 is 0 Å². The normalized spacial score (nSPS) is 17.2. The predicted octanol–water partition coefficient (Wildman–Crippen LogP) is 3.74. The van der Waals surface area contributed by atoms with E-state index in [0.717, 1.165) is 41.9 Å². The Bertz CT molecular complexity index is 385. The topological polar surface area (TPSA) is 20.3 Å². The average Bonchev–Trinajstić information content (AvgIpc) is 2.39. The first-order valence-corrected chi connectivity index (χ1v) is 8.13. The summed E-state index contributed by atoms with van der Waals surface area (Å²) in [5.41, 5.74) is 0.793. The van der Waals surface area contributed by atoms with Gasteiger partial charge in [-0.2, -0.15) is 0 Å². The van der Waals surface area contributed by atoms with Crippen LogP contribution in [0.1, 0.15) is 23.2 Å². The van der Waals surface area contributed by atoms with Crippen LogP contribution in [0.2, 0.25) is 0 Å². The highest BCUT2D eigenvalue weighted by molar-refractivity contribution is 14.1. The minimum Gasteiger partial charge on any atom is -0.339 e. The van der Waals surface area contributed by atoms with Crippen LogP contribution in [0.4, 0.5) is 0 Å². The van der Waals surface area contributed by atoms with Gasteiger partial charge in [-0.25, -0.2) is 0 Å². The first kappa shape index (κ1) is 13.3. The van der Waals surface area contributed by atoms with Gasteiger partial charge in [-0.1, -0.05) is 38.5 Å². The molecule has 2 rings (SSSR count). The minimum atomic E-state index is 0.171. The van der Waals surface area contributed by atoms with Gasteiger partial charge < -0.3 is 4.90 Å². The number of amides is 1. The van der Waals surface area contributed by atoms with Crippen LogP contribution in [-0.2, 0) is 0 Å². The molecule has 1 amide bonds. The van der Waals surface area contributed by atoms with Gasteiger partial charge in [0.2, 0.25) is 0 Å². The Morgan fingerprint density at radius 2 is 1.88 bits per heavy atom. The summed E-state index contributed by atoms with van der Waals surface area (Å²) in [5.74, 6) is 0.967. The summed E-state index contributed by atoms with van der Waals surface area (Å²) in [6.07, 6.45) is 2.29. The molecule has 1 fully saturated rings. The maximum Gasteiger partial charge on any atom is 0.253 e. The molecular formula is C13H15BrINO. The van der Waals surface area contributed by atoms with E-state index in [4.69, 9.17) is 0 Å². The lowest BCUT2D eigenvalue weighted by molar-refractivity contribution is 0.0699. The summed E-state index contributed by atoms with van der Waals surface area (Å²) in [6.45, 7) is 1.81. The van der Waals surface area contributed by atoms with Crippen LogP contribution in [-0.4, -0.2) is 28.3 Å². The fourth-order valence-corrected chi connectivity index (χ4v) is 3.21. The third-order valence-corrected chi connectivity index (χ3v) is 4.99. The van der Waals surface area contributed by atoms with E-state index in [1.165, 1.54) is 4.43 Å². The molecule has 1 saturated heterocycles. The molecule has 0 spiro atoms. The van der Waals surface area contributed by atoms with Crippen LogP contribution in [0.15, 0.2) is 28.7 Å². The number of piperidine rings is 1. The zero-order valence-corrected chi connectivity index (χ0v) is 13.3. The lowest BCUT2D eigenvalue weighted by Gasteiger charge is -2.31. The highest BCUT2D eigenvalue weighted by Gasteiger charge is 2.22. The second-order valence-electron chi connectivity index (χ2n) is 4.40. The van der Waals surface area contributed by atoms with E-state index >= 15 is 0 Å². The van der Waals surface area contributed by atoms with Crippen LogP contribution in [0, 0.1) is 5.92 Å². The van der Waals surface area contributed by atoms with Crippen molar-refractivity contribution in [1.82, 2.24) is 4.90 Å². The molecule has 0 aliphatic carbocycles. The molecule has 0 unspecified atom stereocenters. The second kappa shape index (κ2) is 6.18. The Kier molecular flexibility index (Phi) is 4.85. The molecule has 1 aliphatic heterocycles. The van der Waals surface area contributed by atoms with Crippen molar-refractivity contribution < 1.29 is 4.79 Å². The lowest BCUT2D eigenvalue weighted by Crippen LogP contribution is -2.38. The number of benzene rings is 1. The number of carbonyl (C=O) groups is 1. The molecule has 1 heterocycles. The fraction of sp³-hybridized carbons (Fsp3) is 0.462. The lowest BCUT2D eigenvalue weighted by atomic mass is 9.98. The number of rotatable bonds is 2. The largest absolute Gasteiger partial charge is 0.339 e. The summed E-state index contributed by atoms with van der Waals surface area (Å²) < 4.78 is 2.22. The number of nitrogens with zero attached hydrogens (tertiary/aromatic N) is 1. The average molecular weight is 408 g/mol. The summed E-state index contributed by atoms with van der Waals surface area (Å²) in [4.78, 5) is 14.2. The molecule has 0 atom stereocenters. The highest BCUT2D eigenvalue weighted by Crippen LogP contribution is 2.21. The minimum absolute atomic E-state index is 0.171. The van der Waals surface area contributed by atoms with Gasteiger partial charge in [-0.15, -0.1) is 0 Å². The Morgan fingerprint density at radius 3 is 2.41 bits per heavy atom. The molecular weight excluding hydrogens is 393 g/mol. The molecule has 1 aromatic rings. The van der Waals surface area contributed by atoms with Gasteiger partial charge in [0, 0.05) is 27.6 Å². The van der Waals surface area contributed by atoms with E-state index in [1.54, 1.807) is 0 Å². The molecule has 0 radical (unpaired) electrons. The van der Waals surface area contributed by atoms with Crippen LogP contribution in [0.3, 0.4) is 0 Å². The summed E-state index contributed by atoms with van der Waals surface area (Å²) in [5, 5.41) is 0. The number of carbonyl (C=O) groups excluding carboxylic acids is 1. The summed E-state index contributed by atoms with van der Waals surface area (Å²) >= 11 is 5.82. The van der Waals surface area contributed by atoms with E-state index in [9.17, 15) is 4.79 Å². The molecule has 4 heteroatoms. The first-order valence-electron chi connectivity index (χ1n) is 5.81. The molecule has 0 N–H and O–H groups in total. The number of likely N-dealkylation sites (tertiary alicyclic amines) is 1. The van der Waals surface area contributed by atoms with Crippen molar-refractivity contribution >= 4 is 44.4 Å². The zero-order valence-electron chi connectivity index (χ0n) is 9.53. The van der Waals surface area contributed by atoms with Gasteiger partial charge in [0.15, 0.2) is 0 Å².